The molecule has 0 radical (unpaired) electrons. The monoisotopic (exact) mass is 545 g/mol. The summed E-state index contributed by atoms with van der Waals surface area (Å²) in [5.74, 6) is -0.215. The van der Waals surface area contributed by atoms with Crippen molar-refractivity contribution in [2.24, 2.45) is 0 Å². The number of aryl methyl sites for hydroxylation is 4. The number of esters is 1. The molecular weight excluding hydrogens is 514 g/mol. The van der Waals surface area contributed by atoms with E-state index in [0.29, 0.717) is 6.01 Å². The Morgan fingerprint density at radius 2 is 1.51 bits per heavy atom. The van der Waals surface area contributed by atoms with Crippen LogP contribution in [0.1, 0.15) is 47.1 Å². The quantitative estimate of drug-likeness (QED) is 0.214. The van der Waals surface area contributed by atoms with Crippen LogP contribution in [0.2, 0.25) is 5.35 Å². The van der Waals surface area contributed by atoms with Gasteiger partial charge in [0.2, 0.25) is 0 Å². The van der Waals surface area contributed by atoms with E-state index in [4.69, 9.17) is 25.2 Å². The first-order chi connectivity index (χ1) is 18.8. The fraction of sp³-hybridized carbons (Fsp3) is 0.323. The molecule has 3 heterocycles. The molecule has 6 rings (SSSR count). The van der Waals surface area contributed by atoms with Gasteiger partial charge in [-0.3, -0.25) is 0 Å². The Kier molecular flexibility index (Phi) is 7.89. The van der Waals surface area contributed by atoms with Gasteiger partial charge < -0.3 is 18.5 Å². The molecule has 5 aromatic rings. The van der Waals surface area contributed by atoms with Crippen molar-refractivity contribution in [1.82, 2.24) is 9.97 Å². The van der Waals surface area contributed by atoms with Gasteiger partial charge in [-0.05, 0) is 111 Å². The molecule has 0 unspecified atom stereocenters. The zero-order chi connectivity index (χ0) is 27.5. The minimum atomic E-state index is -0.349. The van der Waals surface area contributed by atoms with Crippen molar-refractivity contribution in [3.05, 3.63) is 87.8 Å². The summed E-state index contributed by atoms with van der Waals surface area (Å²) >= 11 is 5.61. The fourth-order valence-corrected chi connectivity index (χ4v) is 4.85. The molecule has 7 nitrogen and oxygen atoms in total. The number of aromatic nitrogens is 2. The summed E-state index contributed by atoms with van der Waals surface area (Å²) in [4.78, 5) is 23.4. The first kappa shape index (κ1) is 26.8. The van der Waals surface area contributed by atoms with E-state index >= 15 is 0 Å². The summed E-state index contributed by atoms with van der Waals surface area (Å²) in [6, 6.07) is 17.9. The van der Waals surface area contributed by atoms with E-state index in [-0.39, 0.29) is 24.0 Å². The number of ether oxygens (including phenoxy) is 1. The molecule has 1 fully saturated rings. The molecular formula is C31H32ClN3O4. The number of carbonyl (C=O) groups excluding carboxylic acids is 1. The fourth-order valence-electron chi connectivity index (χ4n) is 4.67. The Hall–Kier alpha value is -3.84. The van der Waals surface area contributed by atoms with Crippen LogP contribution in [0.3, 0.4) is 0 Å². The Morgan fingerprint density at radius 3 is 2.21 bits per heavy atom. The number of fused-ring (bicyclic) bond motifs is 2. The number of nitrogens with zero attached hydrogens (tertiary/aromatic N) is 3. The third kappa shape index (κ3) is 6.09. The third-order valence-corrected chi connectivity index (χ3v) is 7.38. The largest absolute Gasteiger partial charge is 0.459 e. The van der Waals surface area contributed by atoms with E-state index in [1.807, 2.05) is 73.3 Å². The second-order valence-corrected chi connectivity index (χ2v) is 10.4. The second kappa shape index (κ2) is 11.5. The number of hydrogen-bond donors (Lipinski definition) is 0. The first-order valence-corrected chi connectivity index (χ1v) is 13.5. The van der Waals surface area contributed by atoms with Gasteiger partial charge in [-0.1, -0.05) is 30.3 Å². The highest BCUT2D eigenvalue weighted by Gasteiger charge is 2.33. The van der Waals surface area contributed by atoms with E-state index < -0.39 is 0 Å². The SMILES string of the molecule is Cc1cc2nc(Cl)oc2cc1C.Cc1cc2nc(N3CCCC[C@H]3C(=O)OCc3ccccc3)oc2cc1C. The molecule has 0 aliphatic carbocycles. The van der Waals surface area contributed by atoms with Gasteiger partial charge in [0.25, 0.3) is 11.4 Å². The minimum absolute atomic E-state index is 0.204. The summed E-state index contributed by atoms with van der Waals surface area (Å²) < 4.78 is 16.7. The predicted octanol–water partition coefficient (Wildman–Crippen LogP) is 7.64. The number of oxazole rings is 2. The summed E-state index contributed by atoms with van der Waals surface area (Å²) in [6.45, 7) is 9.23. The third-order valence-electron chi connectivity index (χ3n) is 7.21. The van der Waals surface area contributed by atoms with Gasteiger partial charge in [-0.15, -0.1) is 0 Å². The molecule has 0 amide bonds. The van der Waals surface area contributed by atoms with E-state index in [1.165, 1.54) is 22.3 Å². The zero-order valence-corrected chi connectivity index (χ0v) is 23.4. The first-order valence-electron chi connectivity index (χ1n) is 13.2. The van der Waals surface area contributed by atoms with Crippen molar-refractivity contribution in [2.45, 2.75) is 59.6 Å². The van der Waals surface area contributed by atoms with Gasteiger partial charge in [0, 0.05) is 6.54 Å². The summed E-state index contributed by atoms with van der Waals surface area (Å²) in [7, 11) is 0. The average Bonchev–Trinajstić information content (AvgIpc) is 3.50. The van der Waals surface area contributed by atoms with Crippen LogP contribution in [-0.4, -0.2) is 28.5 Å². The molecule has 0 spiro atoms. The number of anilines is 1. The smallest absolute Gasteiger partial charge is 0.329 e. The Labute approximate surface area is 232 Å². The highest BCUT2D eigenvalue weighted by molar-refractivity contribution is 6.28. The highest BCUT2D eigenvalue weighted by atomic mass is 35.5. The molecule has 39 heavy (non-hydrogen) atoms. The van der Waals surface area contributed by atoms with Gasteiger partial charge in [-0.2, -0.15) is 9.97 Å². The van der Waals surface area contributed by atoms with Crippen molar-refractivity contribution in [3.8, 4) is 0 Å². The Morgan fingerprint density at radius 1 is 0.897 bits per heavy atom. The van der Waals surface area contributed by atoms with Crippen molar-refractivity contribution in [2.75, 3.05) is 11.4 Å². The molecule has 1 aliphatic heterocycles. The van der Waals surface area contributed by atoms with Gasteiger partial charge in [0.15, 0.2) is 11.2 Å². The van der Waals surface area contributed by atoms with E-state index in [9.17, 15) is 4.79 Å². The van der Waals surface area contributed by atoms with Gasteiger partial charge in [0.05, 0.1) is 0 Å². The number of halogens is 1. The maximum absolute atomic E-state index is 12.7. The molecule has 2 aromatic heterocycles. The van der Waals surface area contributed by atoms with Crippen LogP contribution in [0, 0.1) is 27.7 Å². The normalized spacial score (nSPS) is 15.3. The molecule has 1 aliphatic rings. The van der Waals surface area contributed by atoms with Crippen LogP contribution >= 0.6 is 11.6 Å². The van der Waals surface area contributed by atoms with Crippen molar-refractivity contribution >= 4 is 45.8 Å². The van der Waals surface area contributed by atoms with Crippen molar-refractivity contribution in [1.29, 1.82) is 0 Å². The number of piperidine rings is 1. The van der Waals surface area contributed by atoms with E-state index in [2.05, 4.69) is 23.8 Å². The topological polar surface area (TPSA) is 81.6 Å². The van der Waals surface area contributed by atoms with Crippen LogP contribution in [0.4, 0.5) is 6.01 Å². The van der Waals surface area contributed by atoms with Gasteiger partial charge >= 0.3 is 5.97 Å². The van der Waals surface area contributed by atoms with Crippen molar-refractivity contribution in [3.63, 3.8) is 0 Å². The van der Waals surface area contributed by atoms with Crippen LogP contribution in [0.5, 0.6) is 0 Å². The van der Waals surface area contributed by atoms with Crippen LogP contribution in [0.15, 0.2) is 63.4 Å². The Balaban J connectivity index is 0.000000214. The molecule has 8 heteroatoms. The standard InChI is InChI=1S/C22H24N2O3.C9H8ClNO/c1-15-12-18-20(13-16(15)2)27-22(23-18)24-11-7-6-10-19(24)21(25)26-14-17-8-4-3-5-9-17;1-5-3-7-8(4-6(5)2)12-9(10)11-7/h3-5,8-9,12-13,19H,6-7,10-11,14H2,1-2H3;3-4H,1-2H3/t19-;/m0./s1. The van der Waals surface area contributed by atoms with Gasteiger partial charge in [-0.25, -0.2) is 4.79 Å². The lowest BCUT2D eigenvalue weighted by Crippen LogP contribution is -2.45. The maximum Gasteiger partial charge on any atom is 0.329 e. The molecule has 0 saturated carbocycles. The molecule has 3 aromatic carbocycles. The lowest BCUT2D eigenvalue weighted by molar-refractivity contribution is -0.147. The number of rotatable bonds is 4. The predicted molar refractivity (Wildman–Crippen MR) is 153 cm³/mol. The lowest BCUT2D eigenvalue weighted by atomic mass is 10.0. The molecule has 0 bridgehead atoms. The van der Waals surface area contributed by atoms with Crippen LogP contribution in [-0.2, 0) is 16.1 Å². The van der Waals surface area contributed by atoms with Crippen LogP contribution < -0.4 is 4.90 Å². The summed E-state index contributed by atoms with van der Waals surface area (Å²) in [5, 5.41) is 0.204. The maximum atomic E-state index is 12.7. The minimum Gasteiger partial charge on any atom is -0.459 e. The lowest BCUT2D eigenvalue weighted by Gasteiger charge is -2.32. The van der Waals surface area contributed by atoms with Gasteiger partial charge in [0.1, 0.15) is 23.7 Å². The Bertz CT molecular complexity index is 1530. The van der Waals surface area contributed by atoms with E-state index in [1.54, 1.807) is 0 Å². The number of carbonyl (C=O) groups is 1. The summed E-state index contributed by atoms with van der Waals surface area (Å²) in [6.07, 6.45) is 2.77. The summed E-state index contributed by atoms with van der Waals surface area (Å²) in [5.41, 5.74) is 8.89. The molecule has 1 saturated heterocycles. The van der Waals surface area contributed by atoms with Crippen LogP contribution in [0.25, 0.3) is 22.2 Å². The highest BCUT2D eigenvalue weighted by Crippen LogP contribution is 2.30. The molecule has 1 atom stereocenters. The average molecular weight is 546 g/mol. The second-order valence-electron chi connectivity index (χ2n) is 10.1. The molecule has 0 N–H and O–H groups in total. The molecule has 202 valence electrons. The zero-order valence-electron chi connectivity index (χ0n) is 22.7. The van der Waals surface area contributed by atoms with E-state index in [0.717, 1.165) is 53.6 Å². The number of benzene rings is 3. The number of hydrogen-bond acceptors (Lipinski definition) is 7. The van der Waals surface area contributed by atoms with Crippen molar-refractivity contribution < 1.29 is 18.4 Å².